The highest BCUT2D eigenvalue weighted by Crippen LogP contribution is 2.37. The van der Waals surface area contributed by atoms with Crippen molar-refractivity contribution in [1.82, 2.24) is 9.97 Å². The van der Waals surface area contributed by atoms with E-state index in [4.69, 9.17) is 21.3 Å². The van der Waals surface area contributed by atoms with Crippen molar-refractivity contribution in [2.45, 2.75) is 64.9 Å². The SMILES string of the molecule is CCCc1nc(C(OCC)C2CCCCC2)nc(Cl)c1Br. The lowest BCUT2D eigenvalue weighted by molar-refractivity contribution is -0.000343. The fourth-order valence-electron chi connectivity index (χ4n) is 3.05. The summed E-state index contributed by atoms with van der Waals surface area (Å²) in [6.45, 7) is 4.86. The molecular formula is C16H24BrClN2O. The van der Waals surface area contributed by atoms with Gasteiger partial charge in [-0.05, 0) is 48.0 Å². The minimum absolute atomic E-state index is 0.0171. The quantitative estimate of drug-likeness (QED) is 0.615. The van der Waals surface area contributed by atoms with Gasteiger partial charge in [0.25, 0.3) is 0 Å². The Morgan fingerprint density at radius 3 is 2.57 bits per heavy atom. The Kier molecular flexibility index (Phi) is 6.90. The first-order valence-corrected chi connectivity index (χ1v) is 9.17. The number of rotatable bonds is 6. The fourth-order valence-corrected chi connectivity index (χ4v) is 3.62. The molecule has 0 radical (unpaired) electrons. The van der Waals surface area contributed by atoms with Crippen molar-refractivity contribution < 1.29 is 4.74 Å². The van der Waals surface area contributed by atoms with E-state index in [1.165, 1.54) is 32.1 Å². The molecule has 118 valence electrons. The first kappa shape index (κ1) is 17.2. The Morgan fingerprint density at radius 2 is 1.95 bits per heavy atom. The molecule has 0 bridgehead atoms. The van der Waals surface area contributed by atoms with E-state index in [0.29, 0.717) is 17.7 Å². The summed E-state index contributed by atoms with van der Waals surface area (Å²) in [5.74, 6) is 1.28. The van der Waals surface area contributed by atoms with Gasteiger partial charge in [-0.2, -0.15) is 0 Å². The van der Waals surface area contributed by atoms with Gasteiger partial charge in [-0.25, -0.2) is 9.97 Å². The summed E-state index contributed by atoms with van der Waals surface area (Å²) in [7, 11) is 0. The van der Waals surface area contributed by atoms with E-state index in [1.54, 1.807) is 0 Å². The van der Waals surface area contributed by atoms with Crippen LogP contribution in [0.2, 0.25) is 5.15 Å². The van der Waals surface area contributed by atoms with Crippen molar-refractivity contribution in [2.24, 2.45) is 5.92 Å². The van der Waals surface area contributed by atoms with Gasteiger partial charge in [0, 0.05) is 6.61 Å². The normalized spacial score (nSPS) is 17.9. The molecule has 2 rings (SSSR count). The maximum absolute atomic E-state index is 6.28. The van der Waals surface area contributed by atoms with Crippen molar-refractivity contribution in [3.63, 3.8) is 0 Å². The van der Waals surface area contributed by atoms with Gasteiger partial charge in [0.2, 0.25) is 0 Å². The molecule has 0 N–H and O–H groups in total. The fraction of sp³-hybridized carbons (Fsp3) is 0.750. The number of aryl methyl sites for hydroxylation is 1. The van der Waals surface area contributed by atoms with Gasteiger partial charge < -0.3 is 4.74 Å². The average Bonchev–Trinajstić information content (AvgIpc) is 2.50. The van der Waals surface area contributed by atoms with Crippen LogP contribution in [0.15, 0.2) is 4.47 Å². The molecule has 0 spiro atoms. The highest BCUT2D eigenvalue weighted by atomic mass is 79.9. The van der Waals surface area contributed by atoms with E-state index < -0.39 is 0 Å². The Hall–Kier alpha value is -0.190. The molecule has 1 saturated carbocycles. The highest BCUT2D eigenvalue weighted by Gasteiger charge is 2.29. The molecule has 1 atom stereocenters. The van der Waals surface area contributed by atoms with E-state index >= 15 is 0 Å². The van der Waals surface area contributed by atoms with Crippen LogP contribution in [0.4, 0.5) is 0 Å². The van der Waals surface area contributed by atoms with Crippen LogP contribution in [0.25, 0.3) is 0 Å². The summed E-state index contributed by atoms with van der Waals surface area (Å²) in [5, 5.41) is 0.504. The van der Waals surface area contributed by atoms with Crippen LogP contribution < -0.4 is 0 Å². The lowest BCUT2D eigenvalue weighted by Gasteiger charge is -2.29. The van der Waals surface area contributed by atoms with Gasteiger partial charge in [0.1, 0.15) is 11.3 Å². The molecule has 1 aliphatic rings. The maximum atomic E-state index is 6.28. The third kappa shape index (κ3) is 4.40. The molecule has 5 heteroatoms. The predicted molar refractivity (Wildman–Crippen MR) is 89.7 cm³/mol. The minimum Gasteiger partial charge on any atom is -0.370 e. The highest BCUT2D eigenvalue weighted by molar-refractivity contribution is 9.10. The zero-order valence-corrected chi connectivity index (χ0v) is 15.2. The monoisotopic (exact) mass is 374 g/mol. The molecule has 3 nitrogen and oxygen atoms in total. The van der Waals surface area contributed by atoms with Gasteiger partial charge in [-0.1, -0.05) is 44.2 Å². The number of halogens is 2. The third-order valence-electron chi connectivity index (χ3n) is 4.06. The van der Waals surface area contributed by atoms with Crippen LogP contribution in [0.1, 0.15) is 70.0 Å². The summed E-state index contributed by atoms with van der Waals surface area (Å²) in [6, 6.07) is 0. The zero-order valence-electron chi connectivity index (χ0n) is 12.9. The summed E-state index contributed by atoms with van der Waals surface area (Å²) in [6.07, 6.45) is 8.21. The molecule has 0 aromatic carbocycles. The molecule has 0 amide bonds. The first-order valence-electron chi connectivity index (χ1n) is 8.00. The van der Waals surface area contributed by atoms with E-state index in [-0.39, 0.29) is 6.10 Å². The molecule has 1 unspecified atom stereocenters. The number of ether oxygens (including phenoxy) is 1. The van der Waals surface area contributed by atoms with Crippen LogP contribution in [0.5, 0.6) is 0 Å². The lowest BCUT2D eigenvalue weighted by atomic mass is 9.85. The Labute approximate surface area is 141 Å². The van der Waals surface area contributed by atoms with Gasteiger partial charge in [-0.3, -0.25) is 0 Å². The topological polar surface area (TPSA) is 35.0 Å². The van der Waals surface area contributed by atoms with Crippen molar-refractivity contribution >= 4 is 27.5 Å². The largest absolute Gasteiger partial charge is 0.370 e. The van der Waals surface area contributed by atoms with Crippen molar-refractivity contribution in [2.75, 3.05) is 6.61 Å². The first-order chi connectivity index (χ1) is 10.2. The van der Waals surface area contributed by atoms with Gasteiger partial charge >= 0.3 is 0 Å². The van der Waals surface area contributed by atoms with Crippen molar-refractivity contribution in [3.8, 4) is 0 Å². The number of aromatic nitrogens is 2. The average molecular weight is 376 g/mol. The van der Waals surface area contributed by atoms with E-state index in [9.17, 15) is 0 Å². The van der Waals surface area contributed by atoms with Crippen LogP contribution in [-0.4, -0.2) is 16.6 Å². The number of hydrogen-bond donors (Lipinski definition) is 0. The molecule has 21 heavy (non-hydrogen) atoms. The van der Waals surface area contributed by atoms with Crippen molar-refractivity contribution in [3.05, 3.63) is 21.1 Å². The summed E-state index contributed by atoms with van der Waals surface area (Å²) >= 11 is 9.79. The molecule has 1 aromatic heterocycles. The Bertz CT molecular complexity index is 464. The van der Waals surface area contributed by atoms with Crippen molar-refractivity contribution in [1.29, 1.82) is 0 Å². The van der Waals surface area contributed by atoms with Gasteiger partial charge in [-0.15, -0.1) is 0 Å². The van der Waals surface area contributed by atoms with Crippen LogP contribution in [0.3, 0.4) is 0 Å². The van der Waals surface area contributed by atoms with Crippen LogP contribution in [-0.2, 0) is 11.2 Å². The predicted octanol–water partition coefficient (Wildman–Crippen LogP) is 5.50. The van der Waals surface area contributed by atoms with Gasteiger partial charge in [0.15, 0.2) is 5.82 Å². The Balaban J connectivity index is 2.30. The second-order valence-electron chi connectivity index (χ2n) is 5.66. The molecule has 0 saturated heterocycles. The van der Waals surface area contributed by atoms with Gasteiger partial charge in [0.05, 0.1) is 10.2 Å². The zero-order chi connectivity index (χ0) is 15.2. The number of hydrogen-bond acceptors (Lipinski definition) is 3. The summed E-state index contributed by atoms with van der Waals surface area (Å²) in [5.41, 5.74) is 0.994. The molecule has 1 fully saturated rings. The molecular weight excluding hydrogens is 352 g/mol. The molecule has 1 aromatic rings. The molecule has 0 aliphatic heterocycles. The van der Waals surface area contributed by atoms with E-state index in [0.717, 1.165) is 28.8 Å². The van der Waals surface area contributed by atoms with E-state index in [1.807, 2.05) is 6.92 Å². The number of nitrogens with zero attached hydrogens (tertiary/aromatic N) is 2. The minimum atomic E-state index is -0.0171. The molecule has 1 heterocycles. The lowest BCUT2D eigenvalue weighted by Crippen LogP contribution is -2.22. The van der Waals surface area contributed by atoms with Crippen LogP contribution in [0, 0.1) is 5.92 Å². The van der Waals surface area contributed by atoms with E-state index in [2.05, 4.69) is 27.8 Å². The third-order valence-corrected chi connectivity index (χ3v) is 5.40. The Morgan fingerprint density at radius 1 is 1.24 bits per heavy atom. The molecule has 1 aliphatic carbocycles. The smallest absolute Gasteiger partial charge is 0.159 e. The summed E-state index contributed by atoms with van der Waals surface area (Å²) in [4.78, 5) is 9.24. The summed E-state index contributed by atoms with van der Waals surface area (Å²) < 4.78 is 6.82. The second kappa shape index (κ2) is 8.44. The standard InChI is InChI=1S/C16H24BrClN2O/c1-3-8-12-13(17)15(18)20-16(19-12)14(21-4-2)11-9-6-5-7-10-11/h11,14H,3-10H2,1-2H3. The van der Waals surface area contributed by atoms with Crippen LogP contribution >= 0.6 is 27.5 Å². The maximum Gasteiger partial charge on any atom is 0.159 e. The second-order valence-corrected chi connectivity index (χ2v) is 6.81.